The van der Waals surface area contributed by atoms with E-state index in [1.54, 1.807) is 56.7 Å². The minimum absolute atomic E-state index is 0.178. The molecule has 1 aliphatic heterocycles. The summed E-state index contributed by atoms with van der Waals surface area (Å²) in [6.07, 6.45) is 0.365. The smallest absolute Gasteiger partial charge is 0.279 e. The predicted molar refractivity (Wildman–Crippen MR) is 125 cm³/mol. The lowest BCUT2D eigenvalue weighted by atomic mass is 9.99. The van der Waals surface area contributed by atoms with Crippen LogP contribution in [0.4, 0.5) is 0 Å². The largest absolute Gasteiger partial charge is 0.493 e. The fraction of sp³-hybridized carbons (Fsp3) is 0.208. The Bertz CT molecular complexity index is 1270. The fourth-order valence-corrected chi connectivity index (χ4v) is 5.38. The number of methoxy groups -OCH3 is 2. The Balaban J connectivity index is 1.82. The van der Waals surface area contributed by atoms with E-state index in [9.17, 15) is 8.42 Å². The molecular formula is C24H23ClN2O4S. The van der Waals surface area contributed by atoms with E-state index in [1.165, 1.54) is 4.41 Å². The molecule has 1 unspecified atom stereocenters. The number of ether oxygens (including phenoxy) is 2. The molecule has 3 aromatic rings. The lowest BCUT2D eigenvalue weighted by Crippen LogP contribution is -2.27. The second kappa shape index (κ2) is 8.84. The molecular weight excluding hydrogens is 448 g/mol. The quantitative estimate of drug-likeness (QED) is 0.496. The molecule has 4 rings (SSSR count). The number of hydrazone groups is 1. The molecule has 1 heterocycles. The number of benzene rings is 3. The molecule has 0 bridgehead atoms. The molecule has 0 radical (unpaired) electrons. The first-order valence-electron chi connectivity index (χ1n) is 10.0. The first kappa shape index (κ1) is 22.2. The van der Waals surface area contributed by atoms with Crippen molar-refractivity contribution in [2.45, 2.75) is 24.3 Å². The number of aryl methyl sites for hydroxylation is 1. The molecule has 32 heavy (non-hydrogen) atoms. The van der Waals surface area contributed by atoms with Gasteiger partial charge in [0.2, 0.25) is 0 Å². The van der Waals surface area contributed by atoms with E-state index in [4.69, 9.17) is 21.1 Å². The lowest BCUT2D eigenvalue weighted by molar-refractivity contribution is 0.355. The van der Waals surface area contributed by atoms with E-state index in [-0.39, 0.29) is 4.90 Å². The van der Waals surface area contributed by atoms with Gasteiger partial charge in [0.1, 0.15) is 0 Å². The Morgan fingerprint density at radius 1 is 0.969 bits per heavy atom. The van der Waals surface area contributed by atoms with Gasteiger partial charge in [-0.05, 0) is 48.9 Å². The van der Waals surface area contributed by atoms with Crippen molar-refractivity contribution >= 4 is 27.3 Å². The van der Waals surface area contributed by atoms with Crippen molar-refractivity contribution in [1.82, 2.24) is 4.41 Å². The Morgan fingerprint density at radius 3 is 2.31 bits per heavy atom. The van der Waals surface area contributed by atoms with Crippen molar-refractivity contribution in [3.05, 3.63) is 88.4 Å². The van der Waals surface area contributed by atoms with Crippen LogP contribution in [0.15, 0.2) is 76.7 Å². The Hall–Kier alpha value is -3.03. The zero-order valence-corrected chi connectivity index (χ0v) is 19.5. The summed E-state index contributed by atoms with van der Waals surface area (Å²) in [6.45, 7) is 1.91. The van der Waals surface area contributed by atoms with E-state index in [2.05, 4.69) is 5.10 Å². The number of hydrogen-bond donors (Lipinski definition) is 0. The molecule has 0 spiro atoms. The van der Waals surface area contributed by atoms with Crippen LogP contribution in [0.2, 0.25) is 5.02 Å². The lowest BCUT2D eigenvalue weighted by Gasteiger charge is -2.24. The van der Waals surface area contributed by atoms with Crippen LogP contribution in [-0.2, 0) is 10.0 Å². The molecule has 8 heteroatoms. The summed E-state index contributed by atoms with van der Waals surface area (Å²) in [5.74, 6) is 1.13. The first-order valence-corrected chi connectivity index (χ1v) is 11.8. The molecule has 166 valence electrons. The van der Waals surface area contributed by atoms with Gasteiger partial charge in [0.25, 0.3) is 10.0 Å². The summed E-state index contributed by atoms with van der Waals surface area (Å²) >= 11 is 6.46. The molecule has 0 saturated heterocycles. The van der Waals surface area contributed by atoms with Crippen molar-refractivity contribution in [3.8, 4) is 11.5 Å². The molecule has 3 aromatic carbocycles. The average molecular weight is 471 g/mol. The SMILES string of the molecule is COc1ccc(C2=NN(S(=O)(=O)c3ccc(C)cc3)C(c3ccccc3Cl)C2)cc1OC. The van der Waals surface area contributed by atoms with Crippen molar-refractivity contribution in [2.75, 3.05) is 14.2 Å². The van der Waals surface area contributed by atoms with Gasteiger partial charge in [-0.15, -0.1) is 0 Å². The van der Waals surface area contributed by atoms with Crippen molar-refractivity contribution in [2.24, 2.45) is 5.10 Å². The molecule has 0 aromatic heterocycles. The molecule has 0 amide bonds. The van der Waals surface area contributed by atoms with Crippen LogP contribution in [0.5, 0.6) is 11.5 Å². The van der Waals surface area contributed by atoms with Gasteiger partial charge in [-0.3, -0.25) is 0 Å². The number of halogens is 1. The van der Waals surface area contributed by atoms with Gasteiger partial charge in [-0.2, -0.15) is 17.9 Å². The maximum atomic E-state index is 13.6. The summed E-state index contributed by atoms with van der Waals surface area (Å²) in [5.41, 5.74) is 3.04. The highest BCUT2D eigenvalue weighted by atomic mass is 35.5. The summed E-state index contributed by atoms with van der Waals surface area (Å²) in [4.78, 5) is 0.178. The van der Waals surface area contributed by atoms with E-state index in [0.717, 1.165) is 11.1 Å². The van der Waals surface area contributed by atoms with Crippen LogP contribution in [0.25, 0.3) is 0 Å². The van der Waals surface area contributed by atoms with Crippen molar-refractivity contribution in [1.29, 1.82) is 0 Å². The average Bonchev–Trinajstić information content (AvgIpc) is 3.25. The minimum Gasteiger partial charge on any atom is -0.493 e. The summed E-state index contributed by atoms with van der Waals surface area (Å²) < 4.78 is 39.0. The minimum atomic E-state index is -3.91. The van der Waals surface area contributed by atoms with E-state index in [1.807, 2.05) is 31.2 Å². The maximum absolute atomic E-state index is 13.6. The van der Waals surface area contributed by atoms with Gasteiger partial charge >= 0.3 is 0 Å². The zero-order valence-electron chi connectivity index (χ0n) is 17.9. The van der Waals surface area contributed by atoms with E-state index >= 15 is 0 Å². The molecule has 0 aliphatic carbocycles. The third kappa shape index (κ3) is 4.06. The molecule has 0 saturated carbocycles. The topological polar surface area (TPSA) is 68.2 Å². The molecule has 1 atom stereocenters. The van der Waals surface area contributed by atoms with Crippen LogP contribution in [0.1, 0.15) is 29.2 Å². The highest BCUT2D eigenvalue weighted by Gasteiger charge is 2.38. The summed E-state index contributed by atoms with van der Waals surface area (Å²) in [6, 6.07) is 18.8. The molecule has 1 aliphatic rings. The van der Waals surface area contributed by atoms with Crippen LogP contribution < -0.4 is 9.47 Å². The summed E-state index contributed by atoms with van der Waals surface area (Å²) in [5, 5.41) is 5.06. The number of nitrogens with zero attached hydrogens (tertiary/aromatic N) is 2. The van der Waals surface area contributed by atoms with Crippen molar-refractivity contribution < 1.29 is 17.9 Å². The van der Waals surface area contributed by atoms with Crippen LogP contribution in [-0.4, -0.2) is 32.8 Å². The molecule has 6 nitrogen and oxygen atoms in total. The second-order valence-corrected chi connectivity index (χ2v) is 9.65. The Kier molecular flexibility index (Phi) is 6.13. The highest BCUT2D eigenvalue weighted by molar-refractivity contribution is 7.89. The number of rotatable bonds is 6. The van der Waals surface area contributed by atoms with Gasteiger partial charge in [0.05, 0.1) is 30.9 Å². The van der Waals surface area contributed by atoms with Gasteiger partial charge in [0, 0.05) is 17.0 Å². The Morgan fingerprint density at radius 2 is 1.66 bits per heavy atom. The third-order valence-corrected chi connectivity index (χ3v) is 7.46. The standard InChI is InChI=1S/C24H23ClN2O4S/c1-16-8-11-18(12-9-16)32(28,29)27-22(19-6-4-5-7-20(19)25)15-21(26-27)17-10-13-23(30-2)24(14-17)31-3/h4-14,22H,15H2,1-3H3. The van der Waals surface area contributed by atoms with Crippen LogP contribution >= 0.6 is 11.6 Å². The zero-order chi connectivity index (χ0) is 22.9. The first-order chi connectivity index (χ1) is 15.3. The van der Waals surface area contributed by atoms with Gasteiger partial charge < -0.3 is 9.47 Å². The van der Waals surface area contributed by atoms with Crippen molar-refractivity contribution in [3.63, 3.8) is 0 Å². The number of hydrogen-bond acceptors (Lipinski definition) is 5. The maximum Gasteiger partial charge on any atom is 0.279 e. The fourth-order valence-electron chi connectivity index (χ4n) is 3.70. The van der Waals surface area contributed by atoms with Crippen LogP contribution in [0, 0.1) is 6.92 Å². The second-order valence-electron chi connectivity index (χ2n) is 7.45. The van der Waals surface area contributed by atoms with Crippen LogP contribution in [0.3, 0.4) is 0 Å². The van der Waals surface area contributed by atoms with E-state index in [0.29, 0.717) is 34.2 Å². The monoisotopic (exact) mass is 470 g/mol. The van der Waals surface area contributed by atoms with Gasteiger partial charge in [0.15, 0.2) is 11.5 Å². The highest BCUT2D eigenvalue weighted by Crippen LogP contribution is 2.40. The molecule has 0 N–H and O–H groups in total. The normalized spacial score (nSPS) is 16.1. The van der Waals surface area contributed by atoms with Gasteiger partial charge in [-0.1, -0.05) is 47.5 Å². The predicted octanol–water partition coefficient (Wildman–Crippen LogP) is 5.21. The van der Waals surface area contributed by atoms with E-state index < -0.39 is 16.1 Å². The summed E-state index contributed by atoms with van der Waals surface area (Å²) in [7, 11) is -0.790. The molecule has 0 fully saturated rings. The number of sulfonamides is 1. The third-order valence-electron chi connectivity index (χ3n) is 5.42. The Labute approximate surface area is 193 Å². The van der Waals surface area contributed by atoms with Gasteiger partial charge in [-0.25, -0.2) is 0 Å².